The predicted molar refractivity (Wildman–Crippen MR) is 67.4 cm³/mol. The second-order valence-corrected chi connectivity index (χ2v) is 5.66. The van der Waals surface area contributed by atoms with Crippen LogP contribution in [0.3, 0.4) is 0 Å². The Kier molecular flexibility index (Phi) is 5.11. The van der Waals surface area contributed by atoms with Crippen LogP contribution in [0.2, 0.25) is 0 Å². The molecule has 2 nitrogen and oxygen atoms in total. The highest BCUT2D eigenvalue weighted by Gasteiger charge is 2.23. The van der Waals surface area contributed by atoms with Gasteiger partial charge in [0.05, 0.1) is 12.7 Å². The lowest BCUT2D eigenvalue weighted by Gasteiger charge is -2.22. The third kappa shape index (κ3) is 3.74. The fourth-order valence-electron chi connectivity index (χ4n) is 3.18. The fourth-order valence-corrected chi connectivity index (χ4v) is 3.18. The van der Waals surface area contributed by atoms with Crippen LogP contribution in [-0.2, 0) is 4.74 Å². The highest BCUT2D eigenvalue weighted by atomic mass is 16.5. The Morgan fingerprint density at radius 3 is 2.06 bits per heavy atom. The Balaban J connectivity index is 1.64. The molecule has 2 saturated carbocycles. The summed E-state index contributed by atoms with van der Waals surface area (Å²) >= 11 is 0. The first-order chi connectivity index (χ1) is 7.86. The van der Waals surface area contributed by atoms with Gasteiger partial charge in [-0.1, -0.05) is 38.5 Å². The lowest BCUT2D eigenvalue weighted by Crippen LogP contribution is -2.35. The van der Waals surface area contributed by atoms with E-state index in [0.717, 1.165) is 12.5 Å². The molecular weight excluding hydrogens is 198 g/mol. The lowest BCUT2D eigenvalue weighted by molar-refractivity contribution is 0.0265. The number of nitrogens with two attached hydrogens (primary N) is 1. The van der Waals surface area contributed by atoms with Gasteiger partial charge < -0.3 is 10.5 Å². The van der Waals surface area contributed by atoms with Crippen molar-refractivity contribution in [1.82, 2.24) is 0 Å². The summed E-state index contributed by atoms with van der Waals surface area (Å²) in [6.45, 7) is 0.801. The van der Waals surface area contributed by atoms with E-state index in [1.54, 1.807) is 0 Å². The number of ether oxygens (including phenoxy) is 1. The smallest absolute Gasteiger partial charge is 0.0623 e. The normalized spacial score (nSPS) is 26.8. The van der Waals surface area contributed by atoms with Gasteiger partial charge >= 0.3 is 0 Å². The highest BCUT2D eigenvalue weighted by Crippen LogP contribution is 2.27. The van der Waals surface area contributed by atoms with Gasteiger partial charge in [-0.2, -0.15) is 0 Å². The zero-order valence-electron chi connectivity index (χ0n) is 10.5. The van der Waals surface area contributed by atoms with E-state index in [0.29, 0.717) is 12.1 Å². The van der Waals surface area contributed by atoms with Crippen LogP contribution >= 0.6 is 0 Å². The summed E-state index contributed by atoms with van der Waals surface area (Å²) in [4.78, 5) is 0. The van der Waals surface area contributed by atoms with E-state index in [9.17, 15) is 0 Å². The van der Waals surface area contributed by atoms with Gasteiger partial charge in [-0.05, 0) is 31.6 Å². The minimum atomic E-state index is 0.297. The van der Waals surface area contributed by atoms with Gasteiger partial charge in [0.2, 0.25) is 0 Å². The Hall–Kier alpha value is -0.0800. The molecule has 0 radical (unpaired) electrons. The van der Waals surface area contributed by atoms with Crippen LogP contribution in [0.1, 0.15) is 64.2 Å². The van der Waals surface area contributed by atoms with E-state index in [-0.39, 0.29) is 0 Å². The SMILES string of the molecule is NC(COC1CCCCCC1)C1CCCC1. The van der Waals surface area contributed by atoms with Crippen LogP contribution in [-0.4, -0.2) is 18.8 Å². The monoisotopic (exact) mass is 225 g/mol. The van der Waals surface area contributed by atoms with E-state index < -0.39 is 0 Å². The van der Waals surface area contributed by atoms with Crippen LogP contribution < -0.4 is 5.73 Å². The van der Waals surface area contributed by atoms with Gasteiger partial charge in [0.25, 0.3) is 0 Å². The van der Waals surface area contributed by atoms with Crippen LogP contribution in [0.15, 0.2) is 0 Å². The van der Waals surface area contributed by atoms with Gasteiger partial charge in [-0.25, -0.2) is 0 Å². The summed E-state index contributed by atoms with van der Waals surface area (Å²) in [5.74, 6) is 0.741. The summed E-state index contributed by atoms with van der Waals surface area (Å²) in [6.07, 6.45) is 13.9. The van der Waals surface area contributed by atoms with Crippen molar-refractivity contribution >= 4 is 0 Å². The maximum atomic E-state index is 6.21. The van der Waals surface area contributed by atoms with Gasteiger partial charge in [0.15, 0.2) is 0 Å². The Labute approximate surface area is 99.9 Å². The molecule has 0 saturated heterocycles. The average Bonchev–Trinajstić information content (AvgIpc) is 2.71. The zero-order chi connectivity index (χ0) is 11.2. The third-order valence-corrected chi connectivity index (χ3v) is 4.33. The van der Waals surface area contributed by atoms with E-state index in [2.05, 4.69) is 0 Å². The number of hydrogen-bond donors (Lipinski definition) is 1. The molecule has 2 heteroatoms. The molecule has 2 fully saturated rings. The Morgan fingerprint density at radius 1 is 0.875 bits per heavy atom. The lowest BCUT2D eigenvalue weighted by atomic mass is 10.00. The van der Waals surface area contributed by atoms with Gasteiger partial charge in [0.1, 0.15) is 0 Å². The van der Waals surface area contributed by atoms with Crippen LogP contribution in [0.4, 0.5) is 0 Å². The summed E-state index contributed by atoms with van der Waals surface area (Å²) in [5, 5.41) is 0. The molecule has 0 heterocycles. The topological polar surface area (TPSA) is 35.2 Å². The van der Waals surface area contributed by atoms with Gasteiger partial charge in [-0.3, -0.25) is 0 Å². The molecule has 1 unspecified atom stereocenters. The minimum Gasteiger partial charge on any atom is -0.377 e. The first-order valence-electron chi connectivity index (χ1n) is 7.23. The first kappa shape index (κ1) is 12.4. The Morgan fingerprint density at radius 2 is 1.44 bits per heavy atom. The summed E-state index contributed by atoms with van der Waals surface area (Å²) in [5.41, 5.74) is 6.21. The molecule has 2 aliphatic carbocycles. The maximum absolute atomic E-state index is 6.21. The first-order valence-corrected chi connectivity index (χ1v) is 7.23. The molecule has 0 aromatic rings. The average molecular weight is 225 g/mol. The molecule has 0 amide bonds. The van der Waals surface area contributed by atoms with E-state index in [1.807, 2.05) is 0 Å². The van der Waals surface area contributed by atoms with Crippen molar-refractivity contribution in [1.29, 1.82) is 0 Å². The number of hydrogen-bond acceptors (Lipinski definition) is 2. The Bertz CT molecular complexity index is 179. The quantitative estimate of drug-likeness (QED) is 0.745. The molecule has 0 bridgehead atoms. The summed E-state index contributed by atoms with van der Waals surface area (Å²) in [7, 11) is 0. The minimum absolute atomic E-state index is 0.297. The zero-order valence-corrected chi connectivity index (χ0v) is 10.5. The number of rotatable bonds is 4. The van der Waals surface area contributed by atoms with Crippen molar-refractivity contribution in [3.05, 3.63) is 0 Å². The van der Waals surface area contributed by atoms with Crippen molar-refractivity contribution < 1.29 is 4.74 Å². The second kappa shape index (κ2) is 6.61. The molecule has 2 aliphatic rings. The van der Waals surface area contributed by atoms with Crippen molar-refractivity contribution in [2.75, 3.05) is 6.61 Å². The van der Waals surface area contributed by atoms with Gasteiger partial charge in [-0.15, -0.1) is 0 Å². The summed E-state index contributed by atoms with van der Waals surface area (Å²) < 4.78 is 6.01. The molecule has 0 aliphatic heterocycles. The molecule has 2 rings (SSSR count). The second-order valence-electron chi connectivity index (χ2n) is 5.66. The van der Waals surface area contributed by atoms with Crippen LogP contribution in [0.5, 0.6) is 0 Å². The third-order valence-electron chi connectivity index (χ3n) is 4.33. The van der Waals surface area contributed by atoms with E-state index >= 15 is 0 Å². The van der Waals surface area contributed by atoms with Crippen LogP contribution in [0.25, 0.3) is 0 Å². The maximum Gasteiger partial charge on any atom is 0.0623 e. The molecule has 2 N–H and O–H groups in total. The van der Waals surface area contributed by atoms with E-state index in [4.69, 9.17) is 10.5 Å². The molecule has 16 heavy (non-hydrogen) atoms. The summed E-state index contributed by atoms with van der Waals surface area (Å²) in [6, 6.07) is 0.297. The van der Waals surface area contributed by atoms with Crippen LogP contribution in [0, 0.1) is 5.92 Å². The molecule has 94 valence electrons. The standard InChI is InChI=1S/C14H27NO/c15-14(12-7-5-6-8-12)11-16-13-9-3-1-2-4-10-13/h12-14H,1-11,15H2. The molecule has 1 atom stereocenters. The molecule has 0 aromatic carbocycles. The van der Waals surface area contributed by atoms with Crippen molar-refractivity contribution in [2.24, 2.45) is 11.7 Å². The molecule has 0 aromatic heterocycles. The highest BCUT2D eigenvalue weighted by molar-refractivity contribution is 4.78. The van der Waals surface area contributed by atoms with E-state index in [1.165, 1.54) is 64.2 Å². The van der Waals surface area contributed by atoms with Crippen molar-refractivity contribution in [3.63, 3.8) is 0 Å². The molecular formula is C14H27NO. The fraction of sp³-hybridized carbons (Fsp3) is 1.00. The van der Waals surface area contributed by atoms with Crippen molar-refractivity contribution in [2.45, 2.75) is 76.4 Å². The largest absolute Gasteiger partial charge is 0.377 e. The van der Waals surface area contributed by atoms with Crippen molar-refractivity contribution in [3.8, 4) is 0 Å². The predicted octanol–water partition coefficient (Wildman–Crippen LogP) is 3.24. The molecule has 0 spiro atoms. The van der Waals surface area contributed by atoms with Gasteiger partial charge in [0, 0.05) is 6.04 Å².